The van der Waals surface area contributed by atoms with Gasteiger partial charge in [-0.05, 0) is 49.4 Å². The summed E-state index contributed by atoms with van der Waals surface area (Å²) >= 11 is 3.32. The molecular formula is C15H14BrNO2. The Bertz CT molecular complexity index is 594. The fourth-order valence-corrected chi connectivity index (χ4v) is 2.14. The normalized spacial score (nSPS) is 10.2. The number of rotatable bonds is 4. The van der Waals surface area contributed by atoms with Crippen molar-refractivity contribution in [3.8, 4) is 5.75 Å². The standard InChI is InChI=1S/C15H14BrNO2/c1-2-19-12-6-3-10(4-7-12)15(18)13-8-5-11(16)9-14(13)17/h3-9H,2,17H2,1H3. The molecule has 2 aromatic rings. The van der Waals surface area contributed by atoms with Gasteiger partial charge < -0.3 is 10.5 Å². The molecule has 3 nitrogen and oxygen atoms in total. The predicted molar refractivity (Wildman–Crippen MR) is 79.6 cm³/mol. The second-order valence-corrected chi connectivity index (χ2v) is 4.93. The summed E-state index contributed by atoms with van der Waals surface area (Å²) in [5.74, 6) is 0.663. The zero-order chi connectivity index (χ0) is 13.8. The highest BCUT2D eigenvalue weighted by atomic mass is 79.9. The molecule has 0 saturated carbocycles. The summed E-state index contributed by atoms with van der Waals surface area (Å²) in [6.45, 7) is 2.52. The van der Waals surface area contributed by atoms with Crippen LogP contribution in [0.25, 0.3) is 0 Å². The lowest BCUT2D eigenvalue weighted by Gasteiger charge is -2.07. The van der Waals surface area contributed by atoms with E-state index in [4.69, 9.17) is 10.5 Å². The highest BCUT2D eigenvalue weighted by molar-refractivity contribution is 9.10. The third kappa shape index (κ3) is 3.15. The zero-order valence-corrected chi connectivity index (χ0v) is 12.1. The van der Waals surface area contributed by atoms with Crippen LogP contribution < -0.4 is 10.5 Å². The minimum atomic E-state index is -0.0898. The number of halogens is 1. The molecule has 0 heterocycles. The Kier molecular flexibility index (Phi) is 4.22. The number of nitrogens with two attached hydrogens (primary N) is 1. The van der Waals surface area contributed by atoms with Gasteiger partial charge in [-0.2, -0.15) is 0 Å². The molecule has 0 spiro atoms. The van der Waals surface area contributed by atoms with E-state index in [0.717, 1.165) is 10.2 Å². The van der Waals surface area contributed by atoms with Crippen LogP contribution in [-0.2, 0) is 0 Å². The number of nitrogen functional groups attached to an aromatic ring is 1. The van der Waals surface area contributed by atoms with Gasteiger partial charge in [0.25, 0.3) is 0 Å². The van der Waals surface area contributed by atoms with Crippen molar-refractivity contribution >= 4 is 27.4 Å². The third-order valence-corrected chi connectivity index (χ3v) is 3.18. The molecule has 2 rings (SSSR count). The van der Waals surface area contributed by atoms with Crippen LogP contribution in [0.3, 0.4) is 0 Å². The van der Waals surface area contributed by atoms with Crippen LogP contribution in [0.15, 0.2) is 46.9 Å². The first-order valence-electron chi connectivity index (χ1n) is 5.94. The summed E-state index contributed by atoms with van der Waals surface area (Å²) < 4.78 is 6.20. The lowest BCUT2D eigenvalue weighted by atomic mass is 10.0. The number of benzene rings is 2. The topological polar surface area (TPSA) is 52.3 Å². The molecule has 0 unspecified atom stereocenters. The molecule has 0 radical (unpaired) electrons. The number of ether oxygens (including phenoxy) is 1. The van der Waals surface area contributed by atoms with E-state index in [1.807, 2.05) is 6.92 Å². The molecule has 0 atom stereocenters. The van der Waals surface area contributed by atoms with Crippen molar-refractivity contribution in [2.75, 3.05) is 12.3 Å². The molecule has 0 saturated heterocycles. The molecule has 4 heteroatoms. The fraction of sp³-hybridized carbons (Fsp3) is 0.133. The first-order chi connectivity index (χ1) is 9.11. The number of carbonyl (C=O) groups is 1. The maximum absolute atomic E-state index is 12.3. The van der Waals surface area contributed by atoms with Crippen LogP contribution in [-0.4, -0.2) is 12.4 Å². The highest BCUT2D eigenvalue weighted by Gasteiger charge is 2.12. The molecule has 19 heavy (non-hydrogen) atoms. The number of carbonyl (C=O) groups excluding carboxylic acids is 1. The Morgan fingerprint density at radius 2 is 1.89 bits per heavy atom. The molecule has 0 aliphatic heterocycles. The van der Waals surface area contributed by atoms with E-state index in [0.29, 0.717) is 23.4 Å². The Labute approximate surface area is 120 Å². The number of hydrogen-bond acceptors (Lipinski definition) is 3. The van der Waals surface area contributed by atoms with Crippen LogP contribution in [0.5, 0.6) is 5.75 Å². The van der Waals surface area contributed by atoms with Gasteiger partial charge in [-0.15, -0.1) is 0 Å². The van der Waals surface area contributed by atoms with Crippen molar-refractivity contribution in [3.63, 3.8) is 0 Å². The van der Waals surface area contributed by atoms with Gasteiger partial charge in [-0.25, -0.2) is 0 Å². The van der Waals surface area contributed by atoms with E-state index in [-0.39, 0.29) is 5.78 Å². The molecule has 0 fully saturated rings. The summed E-state index contributed by atoms with van der Waals surface area (Å²) in [5, 5.41) is 0. The molecule has 2 N–H and O–H groups in total. The Hall–Kier alpha value is -1.81. The van der Waals surface area contributed by atoms with Gasteiger partial charge >= 0.3 is 0 Å². The molecule has 0 aliphatic carbocycles. The van der Waals surface area contributed by atoms with Crippen molar-refractivity contribution in [1.29, 1.82) is 0 Å². The van der Waals surface area contributed by atoms with Crippen LogP contribution in [0.1, 0.15) is 22.8 Å². The quantitative estimate of drug-likeness (QED) is 0.691. The van der Waals surface area contributed by atoms with Crippen molar-refractivity contribution in [2.45, 2.75) is 6.92 Å². The van der Waals surface area contributed by atoms with E-state index < -0.39 is 0 Å². The van der Waals surface area contributed by atoms with Gasteiger partial charge in [0.05, 0.1) is 6.61 Å². The highest BCUT2D eigenvalue weighted by Crippen LogP contribution is 2.22. The number of hydrogen-bond donors (Lipinski definition) is 1. The van der Waals surface area contributed by atoms with Gasteiger partial charge in [-0.1, -0.05) is 15.9 Å². The van der Waals surface area contributed by atoms with Crippen molar-refractivity contribution in [3.05, 3.63) is 58.1 Å². The summed E-state index contributed by atoms with van der Waals surface area (Å²) in [5.41, 5.74) is 7.43. The van der Waals surface area contributed by atoms with Gasteiger partial charge in [0.2, 0.25) is 0 Å². The number of anilines is 1. The Morgan fingerprint density at radius 3 is 2.47 bits per heavy atom. The molecule has 2 aromatic carbocycles. The smallest absolute Gasteiger partial charge is 0.195 e. The second kappa shape index (κ2) is 5.89. The summed E-state index contributed by atoms with van der Waals surface area (Å²) in [7, 11) is 0. The van der Waals surface area contributed by atoms with Crippen molar-refractivity contribution in [2.24, 2.45) is 0 Å². The average Bonchev–Trinajstić information content (AvgIpc) is 2.39. The van der Waals surface area contributed by atoms with Gasteiger partial charge in [-0.3, -0.25) is 4.79 Å². The second-order valence-electron chi connectivity index (χ2n) is 4.02. The van der Waals surface area contributed by atoms with Crippen LogP contribution in [0.2, 0.25) is 0 Å². The van der Waals surface area contributed by atoms with Gasteiger partial charge in [0, 0.05) is 21.3 Å². The van der Waals surface area contributed by atoms with Crippen LogP contribution in [0, 0.1) is 0 Å². The molecular weight excluding hydrogens is 306 g/mol. The monoisotopic (exact) mass is 319 g/mol. The lowest BCUT2D eigenvalue weighted by molar-refractivity contribution is 0.103. The molecule has 0 aliphatic rings. The minimum Gasteiger partial charge on any atom is -0.494 e. The Morgan fingerprint density at radius 1 is 1.21 bits per heavy atom. The van der Waals surface area contributed by atoms with Gasteiger partial charge in [0.1, 0.15) is 5.75 Å². The van der Waals surface area contributed by atoms with Crippen LogP contribution in [0.4, 0.5) is 5.69 Å². The molecule has 0 bridgehead atoms. The van der Waals surface area contributed by atoms with E-state index >= 15 is 0 Å². The van der Waals surface area contributed by atoms with Crippen molar-refractivity contribution in [1.82, 2.24) is 0 Å². The fourth-order valence-electron chi connectivity index (χ4n) is 1.77. The average molecular weight is 320 g/mol. The first-order valence-corrected chi connectivity index (χ1v) is 6.73. The van der Waals surface area contributed by atoms with Crippen LogP contribution >= 0.6 is 15.9 Å². The lowest BCUT2D eigenvalue weighted by Crippen LogP contribution is -2.05. The summed E-state index contributed by atoms with van der Waals surface area (Å²) in [6.07, 6.45) is 0. The molecule has 98 valence electrons. The van der Waals surface area contributed by atoms with Crippen molar-refractivity contribution < 1.29 is 9.53 Å². The third-order valence-electron chi connectivity index (χ3n) is 2.69. The minimum absolute atomic E-state index is 0.0898. The van der Waals surface area contributed by atoms with E-state index in [9.17, 15) is 4.79 Å². The Balaban J connectivity index is 2.28. The zero-order valence-electron chi connectivity index (χ0n) is 10.5. The SMILES string of the molecule is CCOc1ccc(C(=O)c2ccc(Br)cc2N)cc1. The predicted octanol–water partition coefficient (Wildman–Crippen LogP) is 3.66. The molecule has 0 aromatic heterocycles. The van der Waals surface area contributed by atoms with Gasteiger partial charge in [0.15, 0.2) is 5.78 Å². The maximum atomic E-state index is 12.3. The first kappa shape index (κ1) is 13.6. The molecule has 0 amide bonds. The summed E-state index contributed by atoms with van der Waals surface area (Å²) in [4.78, 5) is 12.3. The summed E-state index contributed by atoms with van der Waals surface area (Å²) in [6, 6.07) is 12.3. The van der Waals surface area contributed by atoms with E-state index in [1.54, 1.807) is 42.5 Å². The maximum Gasteiger partial charge on any atom is 0.195 e. The largest absolute Gasteiger partial charge is 0.494 e. The number of ketones is 1. The van der Waals surface area contributed by atoms with E-state index in [2.05, 4.69) is 15.9 Å². The van der Waals surface area contributed by atoms with E-state index in [1.165, 1.54) is 0 Å².